The Morgan fingerprint density at radius 3 is 2.89 bits per heavy atom. The summed E-state index contributed by atoms with van der Waals surface area (Å²) in [6.45, 7) is 3.98. The molecule has 1 heterocycles. The highest BCUT2D eigenvalue weighted by Gasteiger charge is 2.22. The van der Waals surface area contributed by atoms with E-state index in [1.54, 1.807) is 30.3 Å². The molecule has 1 N–H and O–H groups in total. The van der Waals surface area contributed by atoms with Gasteiger partial charge in [-0.25, -0.2) is 0 Å². The van der Waals surface area contributed by atoms with Crippen molar-refractivity contribution in [2.24, 2.45) is 0 Å². The molecule has 0 radical (unpaired) electrons. The summed E-state index contributed by atoms with van der Waals surface area (Å²) in [7, 11) is 0. The van der Waals surface area contributed by atoms with E-state index < -0.39 is 5.91 Å². The van der Waals surface area contributed by atoms with Crippen molar-refractivity contribution in [2.45, 2.75) is 25.7 Å². The van der Waals surface area contributed by atoms with Crippen LogP contribution in [0.25, 0.3) is 6.08 Å². The van der Waals surface area contributed by atoms with E-state index in [4.69, 9.17) is 4.74 Å². The van der Waals surface area contributed by atoms with E-state index in [0.717, 1.165) is 36.1 Å². The maximum absolute atomic E-state index is 12.6. The molecule has 0 bridgehead atoms. The molecular weight excluding hydrogens is 370 g/mol. The number of hydrogen-bond donors (Lipinski definition) is 1. The SMILES string of the molecule is C=CCOc1cccc(/C=C(\C#N)C(=O)Nc2sc3c(c2C#N)CCCC3)c1. The van der Waals surface area contributed by atoms with Gasteiger partial charge < -0.3 is 10.1 Å². The zero-order chi connectivity index (χ0) is 19.9. The third-order valence-corrected chi connectivity index (χ3v) is 5.62. The third kappa shape index (κ3) is 4.31. The summed E-state index contributed by atoms with van der Waals surface area (Å²) in [4.78, 5) is 13.8. The summed E-state index contributed by atoms with van der Waals surface area (Å²) in [5.41, 5.74) is 2.23. The molecule has 1 aromatic carbocycles. The third-order valence-electron chi connectivity index (χ3n) is 4.41. The first-order chi connectivity index (χ1) is 13.7. The highest BCUT2D eigenvalue weighted by atomic mass is 32.1. The number of aryl methyl sites for hydroxylation is 1. The molecule has 1 aliphatic carbocycles. The lowest BCUT2D eigenvalue weighted by Gasteiger charge is -2.09. The fourth-order valence-electron chi connectivity index (χ4n) is 3.11. The van der Waals surface area contributed by atoms with Crippen LogP contribution in [0.5, 0.6) is 5.75 Å². The summed E-state index contributed by atoms with van der Waals surface area (Å²) in [5.74, 6) is 0.110. The minimum Gasteiger partial charge on any atom is -0.490 e. The van der Waals surface area contributed by atoms with Crippen molar-refractivity contribution in [2.75, 3.05) is 11.9 Å². The second-order valence-corrected chi connectivity index (χ2v) is 7.43. The summed E-state index contributed by atoms with van der Waals surface area (Å²) in [5, 5.41) is 22.3. The molecule has 3 rings (SSSR count). The van der Waals surface area contributed by atoms with E-state index in [0.29, 0.717) is 28.5 Å². The number of benzene rings is 1. The van der Waals surface area contributed by atoms with Crippen molar-refractivity contribution in [1.82, 2.24) is 0 Å². The van der Waals surface area contributed by atoms with Crippen LogP contribution in [-0.4, -0.2) is 12.5 Å². The van der Waals surface area contributed by atoms with E-state index in [9.17, 15) is 15.3 Å². The average Bonchev–Trinajstić information content (AvgIpc) is 3.07. The van der Waals surface area contributed by atoms with Crippen LogP contribution in [0.3, 0.4) is 0 Å². The van der Waals surface area contributed by atoms with Crippen LogP contribution in [0.4, 0.5) is 5.00 Å². The van der Waals surface area contributed by atoms with E-state index in [1.807, 2.05) is 6.07 Å². The lowest BCUT2D eigenvalue weighted by atomic mass is 9.96. The normalized spacial score (nSPS) is 13.0. The molecule has 2 aromatic rings. The van der Waals surface area contributed by atoms with Gasteiger partial charge in [0.15, 0.2) is 0 Å². The van der Waals surface area contributed by atoms with Crippen molar-refractivity contribution in [3.05, 3.63) is 64.1 Å². The number of nitrogens with zero attached hydrogens (tertiary/aromatic N) is 2. The number of hydrogen-bond acceptors (Lipinski definition) is 5. The van der Waals surface area contributed by atoms with Crippen molar-refractivity contribution in [3.8, 4) is 17.9 Å². The Morgan fingerprint density at radius 1 is 1.32 bits per heavy atom. The molecule has 1 amide bonds. The maximum atomic E-state index is 12.6. The molecule has 0 aliphatic heterocycles. The van der Waals surface area contributed by atoms with Crippen LogP contribution in [0, 0.1) is 22.7 Å². The number of rotatable bonds is 6. The number of carbonyl (C=O) groups is 1. The first-order valence-electron chi connectivity index (χ1n) is 8.97. The fraction of sp³-hybridized carbons (Fsp3) is 0.227. The number of thiophene rings is 1. The lowest BCUT2D eigenvalue weighted by Crippen LogP contribution is -2.13. The second kappa shape index (κ2) is 9.03. The largest absolute Gasteiger partial charge is 0.490 e. The standard InChI is InChI=1S/C22H19N3O2S/c1-2-10-27-17-7-5-6-15(12-17)11-16(13-23)21(26)25-22-19(14-24)18-8-3-4-9-20(18)28-22/h2,5-7,11-12H,1,3-4,8-10H2,(H,25,26)/b16-11+. The highest BCUT2D eigenvalue weighted by molar-refractivity contribution is 7.16. The van der Waals surface area contributed by atoms with Gasteiger partial charge in [0.05, 0.1) is 5.56 Å². The quantitative estimate of drug-likeness (QED) is 0.444. The topological polar surface area (TPSA) is 85.9 Å². The van der Waals surface area contributed by atoms with Gasteiger partial charge in [-0.3, -0.25) is 4.79 Å². The molecule has 0 saturated carbocycles. The average molecular weight is 389 g/mol. The number of ether oxygens (including phenoxy) is 1. The number of anilines is 1. The van der Waals surface area contributed by atoms with Crippen LogP contribution >= 0.6 is 11.3 Å². The van der Waals surface area contributed by atoms with Crippen LogP contribution < -0.4 is 10.1 Å². The second-order valence-electron chi connectivity index (χ2n) is 6.32. The van der Waals surface area contributed by atoms with Gasteiger partial charge in [-0.1, -0.05) is 24.8 Å². The number of nitriles is 2. The van der Waals surface area contributed by atoms with Crippen molar-refractivity contribution in [3.63, 3.8) is 0 Å². The number of nitrogens with one attached hydrogen (secondary N) is 1. The molecule has 28 heavy (non-hydrogen) atoms. The molecule has 140 valence electrons. The van der Waals surface area contributed by atoms with Gasteiger partial charge in [-0.2, -0.15) is 10.5 Å². The van der Waals surface area contributed by atoms with Gasteiger partial charge >= 0.3 is 0 Å². The van der Waals surface area contributed by atoms with Gasteiger partial charge in [0.25, 0.3) is 5.91 Å². The Hall–Kier alpha value is -3.35. The minimum atomic E-state index is -0.519. The maximum Gasteiger partial charge on any atom is 0.266 e. The van der Waals surface area contributed by atoms with Crippen LogP contribution in [0.2, 0.25) is 0 Å². The van der Waals surface area contributed by atoms with E-state index in [-0.39, 0.29) is 5.57 Å². The molecule has 0 atom stereocenters. The Morgan fingerprint density at radius 2 is 2.14 bits per heavy atom. The Kier molecular flexibility index (Phi) is 6.26. The molecule has 5 nitrogen and oxygen atoms in total. The monoisotopic (exact) mass is 389 g/mol. The van der Waals surface area contributed by atoms with Crippen molar-refractivity contribution >= 4 is 28.3 Å². The molecular formula is C22H19N3O2S. The Balaban J connectivity index is 1.82. The zero-order valence-corrected chi connectivity index (χ0v) is 16.1. The predicted molar refractivity (Wildman–Crippen MR) is 110 cm³/mol. The fourth-order valence-corrected chi connectivity index (χ4v) is 4.34. The molecule has 1 aromatic heterocycles. The van der Waals surface area contributed by atoms with E-state index in [2.05, 4.69) is 18.0 Å². The number of fused-ring (bicyclic) bond motifs is 1. The predicted octanol–water partition coefficient (Wildman–Crippen LogP) is 4.61. The van der Waals surface area contributed by atoms with Gasteiger partial charge in [0.1, 0.15) is 35.1 Å². The number of carbonyl (C=O) groups excluding carboxylic acids is 1. The summed E-state index contributed by atoms with van der Waals surface area (Å²) >= 11 is 1.44. The van der Waals surface area contributed by atoms with E-state index in [1.165, 1.54) is 17.4 Å². The summed E-state index contributed by atoms with van der Waals surface area (Å²) < 4.78 is 5.48. The highest BCUT2D eigenvalue weighted by Crippen LogP contribution is 2.37. The molecule has 0 spiro atoms. The van der Waals surface area contributed by atoms with Crippen LogP contribution in [-0.2, 0) is 17.6 Å². The molecule has 6 heteroatoms. The minimum absolute atomic E-state index is 0.0314. The molecule has 1 aliphatic rings. The van der Waals surface area contributed by atoms with Crippen LogP contribution in [0.15, 0.2) is 42.5 Å². The Bertz CT molecular complexity index is 1020. The lowest BCUT2D eigenvalue weighted by molar-refractivity contribution is -0.112. The summed E-state index contributed by atoms with van der Waals surface area (Å²) in [6, 6.07) is 11.3. The first-order valence-corrected chi connectivity index (χ1v) is 9.79. The smallest absolute Gasteiger partial charge is 0.266 e. The summed E-state index contributed by atoms with van der Waals surface area (Å²) in [6.07, 6.45) is 7.10. The number of amides is 1. The first kappa shape index (κ1) is 19.4. The van der Waals surface area contributed by atoms with Gasteiger partial charge in [0.2, 0.25) is 0 Å². The Labute approximate surface area is 168 Å². The molecule has 0 unspecified atom stereocenters. The zero-order valence-electron chi connectivity index (χ0n) is 15.3. The van der Waals surface area contributed by atoms with E-state index >= 15 is 0 Å². The van der Waals surface area contributed by atoms with Crippen molar-refractivity contribution < 1.29 is 9.53 Å². The van der Waals surface area contributed by atoms with Crippen molar-refractivity contribution in [1.29, 1.82) is 10.5 Å². The molecule has 0 saturated heterocycles. The van der Waals surface area contributed by atoms with Gasteiger partial charge in [0, 0.05) is 4.88 Å². The van der Waals surface area contributed by atoms with Gasteiger partial charge in [-0.15, -0.1) is 11.3 Å². The molecule has 0 fully saturated rings. The van der Waals surface area contributed by atoms with Gasteiger partial charge in [-0.05, 0) is 55.0 Å². The van der Waals surface area contributed by atoms with Crippen LogP contribution in [0.1, 0.15) is 34.4 Å².